The predicted octanol–water partition coefficient (Wildman–Crippen LogP) is 3.25. The van der Waals surface area contributed by atoms with E-state index < -0.39 is 0 Å². The standard InChI is InChI=1S/C21H28N6O3S/c1-5-26-13-17(20(25-26)30-6-2)19-23-24-21(27(19)11-12-29-4)31-14-18(28)22-16-9-7-15(3)8-10-16/h7-10,13H,5-6,11-12,14H2,1-4H3,(H,22,28). The minimum absolute atomic E-state index is 0.106. The molecule has 0 spiro atoms. The molecule has 0 saturated carbocycles. The number of carbonyl (C=O) groups is 1. The predicted molar refractivity (Wildman–Crippen MR) is 120 cm³/mol. The van der Waals surface area contributed by atoms with Gasteiger partial charge < -0.3 is 14.8 Å². The van der Waals surface area contributed by atoms with E-state index in [4.69, 9.17) is 9.47 Å². The number of carbonyl (C=O) groups excluding carboxylic acids is 1. The average molecular weight is 445 g/mol. The summed E-state index contributed by atoms with van der Waals surface area (Å²) in [6, 6.07) is 7.70. The normalized spacial score (nSPS) is 11.0. The van der Waals surface area contributed by atoms with Crippen molar-refractivity contribution in [2.75, 3.05) is 31.4 Å². The molecule has 9 nitrogen and oxygen atoms in total. The van der Waals surface area contributed by atoms with Gasteiger partial charge in [0.1, 0.15) is 5.56 Å². The van der Waals surface area contributed by atoms with E-state index in [1.54, 1.807) is 11.8 Å². The summed E-state index contributed by atoms with van der Waals surface area (Å²) in [7, 11) is 1.65. The van der Waals surface area contributed by atoms with Gasteiger partial charge in [0.15, 0.2) is 11.0 Å². The summed E-state index contributed by atoms with van der Waals surface area (Å²) in [6.45, 7) is 8.18. The summed E-state index contributed by atoms with van der Waals surface area (Å²) in [5.41, 5.74) is 2.68. The van der Waals surface area contributed by atoms with Crippen LogP contribution in [0.4, 0.5) is 5.69 Å². The Morgan fingerprint density at radius 1 is 1.19 bits per heavy atom. The molecular weight excluding hydrogens is 416 g/mol. The Labute approximate surface area is 186 Å². The van der Waals surface area contributed by atoms with Crippen LogP contribution in [0.25, 0.3) is 11.4 Å². The lowest BCUT2D eigenvalue weighted by atomic mass is 10.2. The van der Waals surface area contributed by atoms with Crippen LogP contribution >= 0.6 is 11.8 Å². The van der Waals surface area contributed by atoms with E-state index in [9.17, 15) is 4.79 Å². The van der Waals surface area contributed by atoms with Gasteiger partial charge in [-0.05, 0) is 32.9 Å². The second-order valence-corrected chi connectivity index (χ2v) is 7.73. The molecule has 10 heteroatoms. The summed E-state index contributed by atoms with van der Waals surface area (Å²) >= 11 is 1.33. The third kappa shape index (κ3) is 5.86. The van der Waals surface area contributed by atoms with Crippen LogP contribution in [-0.4, -0.2) is 56.5 Å². The monoisotopic (exact) mass is 444 g/mol. The van der Waals surface area contributed by atoms with Crippen molar-refractivity contribution in [2.45, 2.75) is 39.0 Å². The van der Waals surface area contributed by atoms with Crippen molar-refractivity contribution in [2.24, 2.45) is 0 Å². The summed E-state index contributed by atoms with van der Waals surface area (Å²) in [5.74, 6) is 1.27. The molecule has 31 heavy (non-hydrogen) atoms. The molecule has 0 unspecified atom stereocenters. The largest absolute Gasteiger partial charge is 0.476 e. The second-order valence-electron chi connectivity index (χ2n) is 6.79. The number of ether oxygens (including phenoxy) is 2. The topological polar surface area (TPSA) is 96.1 Å². The summed E-state index contributed by atoms with van der Waals surface area (Å²) in [6.07, 6.45) is 1.90. The Kier molecular flexibility index (Phi) is 8.07. The SMILES string of the molecule is CCOc1nn(CC)cc1-c1nnc(SCC(=O)Nc2ccc(C)cc2)n1CCOC. The van der Waals surface area contributed by atoms with Gasteiger partial charge in [-0.25, -0.2) is 0 Å². The number of aryl methyl sites for hydroxylation is 2. The first-order chi connectivity index (χ1) is 15.0. The lowest BCUT2D eigenvalue weighted by Crippen LogP contribution is -2.15. The van der Waals surface area contributed by atoms with Crippen molar-refractivity contribution in [1.29, 1.82) is 0 Å². The number of aromatic nitrogens is 5. The number of benzene rings is 1. The van der Waals surface area contributed by atoms with Crippen LogP contribution in [0.15, 0.2) is 35.6 Å². The number of rotatable bonds is 11. The third-order valence-electron chi connectivity index (χ3n) is 4.48. The van der Waals surface area contributed by atoms with E-state index in [1.807, 2.05) is 55.8 Å². The van der Waals surface area contributed by atoms with Gasteiger partial charge >= 0.3 is 0 Å². The van der Waals surface area contributed by atoms with Gasteiger partial charge in [0.2, 0.25) is 11.8 Å². The minimum atomic E-state index is -0.106. The number of nitrogens with one attached hydrogen (secondary N) is 1. The third-order valence-corrected chi connectivity index (χ3v) is 5.44. The van der Waals surface area contributed by atoms with E-state index in [0.717, 1.165) is 16.8 Å². The highest BCUT2D eigenvalue weighted by Crippen LogP contribution is 2.30. The smallest absolute Gasteiger partial charge is 0.243 e. The Bertz CT molecular complexity index is 999. The van der Waals surface area contributed by atoms with E-state index in [0.29, 0.717) is 43.2 Å². The molecule has 3 aromatic rings. The number of hydrogen-bond acceptors (Lipinski definition) is 7. The first-order valence-corrected chi connectivity index (χ1v) is 11.2. The maximum atomic E-state index is 12.4. The Morgan fingerprint density at radius 3 is 2.65 bits per heavy atom. The lowest BCUT2D eigenvalue weighted by Gasteiger charge is -2.10. The van der Waals surface area contributed by atoms with Crippen molar-refractivity contribution in [3.8, 4) is 17.3 Å². The van der Waals surface area contributed by atoms with Crippen LogP contribution in [0.1, 0.15) is 19.4 Å². The maximum Gasteiger partial charge on any atom is 0.243 e. The van der Waals surface area contributed by atoms with Crippen LogP contribution < -0.4 is 10.1 Å². The van der Waals surface area contributed by atoms with Crippen LogP contribution in [0.2, 0.25) is 0 Å². The fourth-order valence-corrected chi connectivity index (χ4v) is 3.67. The van der Waals surface area contributed by atoms with Gasteiger partial charge in [0.25, 0.3) is 0 Å². The van der Waals surface area contributed by atoms with Crippen LogP contribution in [0.5, 0.6) is 5.88 Å². The van der Waals surface area contributed by atoms with Gasteiger partial charge in [0, 0.05) is 25.5 Å². The molecule has 0 aliphatic heterocycles. The zero-order valence-electron chi connectivity index (χ0n) is 18.3. The number of amides is 1. The number of thioether (sulfide) groups is 1. The van der Waals surface area contributed by atoms with Crippen molar-refractivity contribution < 1.29 is 14.3 Å². The van der Waals surface area contributed by atoms with Crippen LogP contribution in [0.3, 0.4) is 0 Å². The fraction of sp³-hybridized carbons (Fsp3) is 0.429. The summed E-state index contributed by atoms with van der Waals surface area (Å²) in [5, 5.41) is 16.7. The van der Waals surface area contributed by atoms with Crippen molar-refractivity contribution in [1.82, 2.24) is 24.5 Å². The zero-order valence-corrected chi connectivity index (χ0v) is 19.1. The molecule has 0 aliphatic rings. The number of anilines is 1. The molecular formula is C21H28N6O3S. The van der Waals surface area contributed by atoms with E-state index >= 15 is 0 Å². The highest BCUT2D eigenvalue weighted by molar-refractivity contribution is 7.99. The molecule has 0 atom stereocenters. The Balaban J connectivity index is 1.78. The first-order valence-electron chi connectivity index (χ1n) is 10.2. The lowest BCUT2D eigenvalue weighted by molar-refractivity contribution is -0.113. The minimum Gasteiger partial charge on any atom is -0.476 e. The van der Waals surface area contributed by atoms with E-state index in [1.165, 1.54) is 11.8 Å². The molecule has 0 bridgehead atoms. The molecule has 3 rings (SSSR count). The van der Waals surface area contributed by atoms with Gasteiger partial charge in [-0.2, -0.15) is 0 Å². The summed E-state index contributed by atoms with van der Waals surface area (Å²) < 4.78 is 14.7. The highest BCUT2D eigenvalue weighted by Gasteiger charge is 2.21. The van der Waals surface area contributed by atoms with Crippen molar-refractivity contribution >= 4 is 23.4 Å². The maximum absolute atomic E-state index is 12.4. The second kappa shape index (κ2) is 11.0. The molecule has 0 radical (unpaired) electrons. The zero-order chi connectivity index (χ0) is 22.2. The molecule has 1 aromatic carbocycles. The molecule has 1 amide bonds. The van der Waals surface area contributed by atoms with Crippen molar-refractivity contribution in [3.05, 3.63) is 36.0 Å². The molecule has 2 heterocycles. The quantitative estimate of drug-likeness (QED) is 0.454. The molecule has 166 valence electrons. The molecule has 0 fully saturated rings. The average Bonchev–Trinajstić information content (AvgIpc) is 3.36. The number of methoxy groups -OCH3 is 1. The number of hydrogen-bond donors (Lipinski definition) is 1. The first kappa shape index (κ1) is 22.8. The molecule has 0 aliphatic carbocycles. The Morgan fingerprint density at radius 2 is 1.97 bits per heavy atom. The number of nitrogens with zero attached hydrogens (tertiary/aromatic N) is 5. The van der Waals surface area contributed by atoms with E-state index in [-0.39, 0.29) is 11.7 Å². The molecule has 1 N–H and O–H groups in total. The van der Waals surface area contributed by atoms with E-state index in [2.05, 4.69) is 20.6 Å². The molecule has 2 aromatic heterocycles. The van der Waals surface area contributed by atoms with Crippen molar-refractivity contribution in [3.63, 3.8) is 0 Å². The van der Waals surface area contributed by atoms with Crippen LogP contribution in [0, 0.1) is 6.92 Å². The van der Waals surface area contributed by atoms with Gasteiger partial charge in [0.05, 0.1) is 25.5 Å². The van der Waals surface area contributed by atoms with Crippen LogP contribution in [-0.2, 0) is 22.6 Å². The van der Waals surface area contributed by atoms with Gasteiger partial charge in [-0.1, -0.05) is 29.5 Å². The Hall–Kier alpha value is -2.85. The van der Waals surface area contributed by atoms with Gasteiger partial charge in [-0.3, -0.25) is 14.0 Å². The van der Waals surface area contributed by atoms with Gasteiger partial charge in [-0.15, -0.1) is 15.3 Å². The highest BCUT2D eigenvalue weighted by atomic mass is 32.2. The summed E-state index contributed by atoms with van der Waals surface area (Å²) in [4.78, 5) is 12.4. The molecule has 0 saturated heterocycles. The fourth-order valence-electron chi connectivity index (χ4n) is 2.91.